The highest BCUT2D eigenvalue weighted by atomic mass is 19.4. The summed E-state index contributed by atoms with van der Waals surface area (Å²) in [5.74, 6) is 0.476. The Bertz CT molecular complexity index is 1610. The standard InChI is InChI=1S/C26H24F3N7/c1-25(2)13-30-9-8-19(25)35-24-21-16(26(27,28)29)11-31-12-18(21)34-22(36-24)15-7-10-32-23-20(15)14-5-3-4-6-17(14)33-23/h3-7,10-12,19,30H,8-9,13H2,1-2H3,(H,32,33)(H,34,35,36). The third-order valence-corrected chi connectivity index (χ3v) is 7.00. The van der Waals surface area contributed by atoms with Gasteiger partial charge in [-0.1, -0.05) is 32.0 Å². The molecule has 1 saturated heterocycles. The number of alkyl halides is 3. The number of nitrogens with zero attached hydrogens (tertiary/aromatic N) is 4. The summed E-state index contributed by atoms with van der Waals surface area (Å²) in [6, 6.07) is 9.50. The SMILES string of the molecule is CC1(C)CNCCC1Nc1nc(-c2ccnc3[nH]c4ccccc4c23)nc2cncc(C(F)(F)F)c12. The largest absolute Gasteiger partial charge is 0.418 e. The minimum Gasteiger partial charge on any atom is -0.366 e. The van der Waals surface area contributed by atoms with Gasteiger partial charge in [-0.05, 0) is 30.5 Å². The van der Waals surface area contributed by atoms with Crippen LogP contribution in [0.1, 0.15) is 25.8 Å². The number of benzene rings is 1. The number of aromatic nitrogens is 5. The van der Waals surface area contributed by atoms with Crippen molar-refractivity contribution in [1.29, 1.82) is 0 Å². The van der Waals surface area contributed by atoms with Crippen LogP contribution in [0.3, 0.4) is 0 Å². The third-order valence-electron chi connectivity index (χ3n) is 7.00. The van der Waals surface area contributed by atoms with E-state index in [1.807, 2.05) is 24.3 Å². The number of hydrogen-bond acceptors (Lipinski definition) is 6. The molecule has 0 spiro atoms. The summed E-state index contributed by atoms with van der Waals surface area (Å²) < 4.78 is 42.1. The fourth-order valence-corrected chi connectivity index (χ4v) is 5.08. The Balaban J connectivity index is 1.61. The zero-order chi connectivity index (χ0) is 25.1. The lowest BCUT2D eigenvalue weighted by molar-refractivity contribution is -0.136. The van der Waals surface area contributed by atoms with Crippen molar-refractivity contribution in [2.24, 2.45) is 5.41 Å². The average Bonchev–Trinajstić information content (AvgIpc) is 3.23. The molecule has 0 radical (unpaired) electrons. The molecule has 0 bridgehead atoms. The van der Waals surface area contributed by atoms with Crippen LogP contribution in [-0.4, -0.2) is 44.1 Å². The number of halogens is 3. The predicted octanol–water partition coefficient (Wildman–Crippen LogP) is 5.54. The van der Waals surface area contributed by atoms with Gasteiger partial charge in [0.1, 0.15) is 11.5 Å². The van der Waals surface area contributed by atoms with Gasteiger partial charge in [0.15, 0.2) is 5.82 Å². The van der Waals surface area contributed by atoms with Crippen molar-refractivity contribution in [1.82, 2.24) is 30.2 Å². The zero-order valence-electron chi connectivity index (χ0n) is 19.7. The monoisotopic (exact) mass is 491 g/mol. The van der Waals surface area contributed by atoms with Gasteiger partial charge >= 0.3 is 6.18 Å². The molecule has 0 aliphatic carbocycles. The maximum absolute atomic E-state index is 14.0. The quantitative estimate of drug-likeness (QED) is 0.307. The third kappa shape index (κ3) is 3.72. The molecule has 0 amide bonds. The number of nitrogens with one attached hydrogen (secondary N) is 3. The van der Waals surface area contributed by atoms with Crippen molar-refractivity contribution in [2.75, 3.05) is 18.4 Å². The summed E-state index contributed by atoms with van der Waals surface area (Å²) in [6.07, 6.45) is 0.00495. The molecule has 1 aromatic carbocycles. The molecule has 1 aliphatic rings. The van der Waals surface area contributed by atoms with Crippen LogP contribution in [0, 0.1) is 5.41 Å². The summed E-state index contributed by atoms with van der Waals surface area (Å²) in [5, 5.41) is 8.43. The predicted molar refractivity (Wildman–Crippen MR) is 134 cm³/mol. The second-order valence-corrected chi connectivity index (χ2v) is 9.88. The topological polar surface area (TPSA) is 91.4 Å². The van der Waals surface area contributed by atoms with Crippen molar-refractivity contribution in [2.45, 2.75) is 32.5 Å². The first-order chi connectivity index (χ1) is 17.2. The van der Waals surface area contributed by atoms with Gasteiger partial charge in [0.2, 0.25) is 0 Å². The number of rotatable bonds is 3. The first kappa shape index (κ1) is 22.7. The molecule has 10 heteroatoms. The Morgan fingerprint density at radius 2 is 1.89 bits per heavy atom. The first-order valence-electron chi connectivity index (χ1n) is 11.8. The summed E-state index contributed by atoms with van der Waals surface area (Å²) in [6.45, 7) is 5.69. The molecular weight excluding hydrogens is 467 g/mol. The summed E-state index contributed by atoms with van der Waals surface area (Å²) in [5.41, 5.74) is 1.34. The fourth-order valence-electron chi connectivity index (χ4n) is 5.08. The van der Waals surface area contributed by atoms with Crippen LogP contribution in [0.25, 0.3) is 44.2 Å². The summed E-state index contributed by atoms with van der Waals surface area (Å²) >= 11 is 0. The van der Waals surface area contributed by atoms with Crippen molar-refractivity contribution < 1.29 is 13.2 Å². The first-order valence-corrected chi connectivity index (χ1v) is 11.8. The normalized spacial score (nSPS) is 18.2. The number of hydrogen-bond donors (Lipinski definition) is 3. The van der Waals surface area contributed by atoms with Crippen LogP contribution in [0.15, 0.2) is 48.9 Å². The fraction of sp³-hybridized carbons (Fsp3) is 0.308. The van der Waals surface area contributed by atoms with Gasteiger partial charge in [-0.25, -0.2) is 15.0 Å². The van der Waals surface area contributed by atoms with E-state index in [0.29, 0.717) is 17.0 Å². The molecule has 1 atom stereocenters. The molecule has 1 aliphatic heterocycles. The number of H-pyrrole nitrogens is 1. The molecule has 36 heavy (non-hydrogen) atoms. The Hall–Kier alpha value is -3.79. The van der Waals surface area contributed by atoms with Crippen LogP contribution in [-0.2, 0) is 6.18 Å². The molecule has 7 nitrogen and oxygen atoms in total. The number of fused-ring (bicyclic) bond motifs is 4. The molecule has 5 heterocycles. The highest BCUT2D eigenvalue weighted by Crippen LogP contribution is 2.40. The van der Waals surface area contributed by atoms with E-state index in [1.54, 1.807) is 12.3 Å². The minimum atomic E-state index is -4.60. The van der Waals surface area contributed by atoms with Crippen LogP contribution < -0.4 is 10.6 Å². The van der Waals surface area contributed by atoms with Gasteiger partial charge in [-0.3, -0.25) is 4.98 Å². The number of para-hydroxylation sites is 1. The molecule has 5 aromatic rings. The van der Waals surface area contributed by atoms with E-state index in [-0.39, 0.29) is 28.2 Å². The van der Waals surface area contributed by atoms with E-state index in [4.69, 9.17) is 4.98 Å². The van der Waals surface area contributed by atoms with E-state index in [9.17, 15) is 13.2 Å². The number of pyridine rings is 2. The van der Waals surface area contributed by atoms with Gasteiger partial charge in [-0.2, -0.15) is 13.2 Å². The van der Waals surface area contributed by atoms with Crippen LogP contribution >= 0.6 is 0 Å². The van der Waals surface area contributed by atoms with Gasteiger partial charge in [-0.15, -0.1) is 0 Å². The molecule has 1 unspecified atom stereocenters. The zero-order valence-corrected chi connectivity index (χ0v) is 19.7. The highest BCUT2D eigenvalue weighted by molar-refractivity contribution is 6.12. The van der Waals surface area contributed by atoms with E-state index < -0.39 is 11.7 Å². The molecular formula is C26H24F3N7. The van der Waals surface area contributed by atoms with E-state index in [1.165, 1.54) is 6.20 Å². The van der Waals surface area contributed by atoms with E-state index in [2.05, 4.69) is 44.4 Å². The Morgan fingerprint density at radius 1 is 1.06 bits per heavy atom. The lowest BCUT2D eigenvalue weighted by atomic mass is 9.80. The Kier molecular flexibility index (Phi) is 5.11. The van der Waals surface area contributed by atoms with Crippen molar-refractivity contribution in [3.8, 4) is 11.4 Å². The Morgan fingerprint density at radius 3 is 2.69 bits per heavy atom. The summed E-state index contributed by atoms with van der Waals surface area (Å²) in [7, 11) is 0. The minimum absolute atomic E-state index is 0.0696. The molecule has 4 aromatic heterocycles. The maximum Gasteiger partial charge on any atom is 0.418 e. The molecule has 6 rings (SSSR count). The van der Waals surface area contributed by atoms with Crippen molar-refractivity contribution >= 4 is 38.7 Å². The molecule has 0 saturated carbocycles. The number of piperidine rings is 1. The number of anilines is 1. The lowest BCUT2D eigenvalue weighted by Gasteiger charge is -2.40. The molecule has 184 valence electrons. The summed E-state index contributed by atoms with van der Waals surface area (Å²) in [4.78, 5) is 20.9. The second kappa shape index (κ2) is 8.12. The number of aromatic amines is 1. The second-order valence-electron chi connectivity index (χ2n) is 9.88. The molecule has 1 fully saturated rings. The van der Waals surface area contributed by atoms with Gasteiger partial charge in [0, 0.05) is 46.8 Å². The van der Waals surface area contributed by atoms with Crippen LogP contribution in [0.5, 0.6) is 0 Å². The van der Waals surface area contributed by atoms with Crippen LogP contribution in [0.4, 0.5) is 19.0 Å². The van der Waals surface area contributed by atoms with Crippen molar-refractivity contribution in [3.05, 3.63) is 54.5 Å². The van der Waals surface area contributed by atoms with Gasteiger partial charge < -0.3 is 15.6 Å². The smallest absolute Gasteiger partial charge is 0.366 e. The van der Waals surface area contributed by atoms with E-state index >= 15 is 0 Å². The highest BCUT2D eigenvalue weighted by Gasteiger charge is 2.37. The molecule has 3 N–H and O–H groups in total. The van der Waals surface area contributed by atoms with E-state index in [0.717, 1.165) is 42.0 Å². The lowest BCUT2D eigenvalue weighted by Crippen LogP contribution is -2.49. The van der Waals surface area contributed by atoms with Crippen LogP contribution in [0.2, 0.25) is 0 Å². The average molecular weight is 492 g/mol. The Labute approximate surface area is 204 Å². The van der Waals surface area contributed by atoms with Gasteiger partial charge in [0.25, 0.3) is 0 Å². The van der Waals surface area contributed by atoms with Gasteiger partial charge in [0.05, 0.1) is 22.7 Å². The maximum atomic E-state index is 14.0. The van der Waals surface area contributed by atoms with Crippen molar-refractivity contribution in [3.63, 3.8) is 0 Å².